The first kappa shape index (κ1) is 18.7. The van der Waals surface area contributed by atoms with Gasteiger partial charge in [-0.25, -0.2) is 18.4 Å². The van der Waals surface area contributed by atoms with Gasteiger partial charge in [0.2, 0.25) is 0 Å². The van der Waals surface area contributed by atoms with Crippen molar-refractivity contribution in [1.29, 1.82) is 0 Å². The Kier molecular flexibility index (Phi) is 4.47. The van der Waals surface area contributed by atoms with Crippen molar-refractivity contribution >= 4 is 9.84 Å². The Hall–Kier alpha value is -3.33. The Morgan fingerprint density at radius 3 is 2.33 bits per heavy atom. The van der Waals surface area contributed by atoms with Crippen molar-refractivity contribution in [1.82, 2.24) is 29.5 Å². The van der Waals surface area contributed by atoms with Gasteiger partial charge in [-0.1, -0.05) is 18.2 Å². The molecular formula is C21H20N6O2S. The SMILES string of the molecule is Cn1cc(-c2cccc(-c3ncc(-c4cnn(C5CCS(=O)(=O)C5)c4)cn3)c2)cn1. The highest BCUT2D eigenvalue weighted by atomic mass is 32.2. The average molecular weight is 420 g/mol. The topological polar surface area (TPSA) is 95.6 Å². The van der Waals surface area contributed by atoms with Crippen LogP contribution in [0.25, 0.3) is 33.6 Å². The molecule has 1 fully saturated rings. The number of sulfone groups is 1. The van der Waals surface area contributed by atoms with E-state index in [1.165, 1.54) is 0 Å². The van der Waals surface area contributed by atoms with E-state index in [1.54, 1.807) is 28.0 Å². The van der Waals surface area contributed by atoms with Gasteiger partial charge in [-0.2, -0.15) is 10.2 Å². The molecule has 1 aromatic carbocycles. The predicted molar refractivity (Wildman–Crippen MR) is 113 cm³/mol. The third-order valence-electron chi connectivity index (χ3n) is 5.33. The third-order valence-corrected chi connectivity index (χ3v) is 7.08. The molecule has 1 aliphatic rings. The fraction of sp³-hybridized carbons (Fsp3) is 0.238. The van der Waals surface area contributed by atoms with E-state index < -0.39 is 9.84 Å². The summed E-state index contributed by atoms with van der Waals surface area (Å²) in [4.78, 5) is 9.06. The van der Waals surface area contributed by atoms with Crippen molar-refractivity contribution < 1.29 is 8.42 Å². The summed E-state index contributed by atoms with van der Waals surface area (Å²) in [5.74, 6) is 1.01. The molecule has 3 aromatic heterocycles. The lowest BCUT2D eigenvalue weighted by molar-refractivity contribution is 0.500. The van der Waals surface area contributed by atoms with Crippen LogP contribution in [-0.2, 0) is 16.9 Å². The number of benzene rings is 1. The quantitative estimate of drug-likeness (QED) is 0.504. The molecule has 0 amide bonds. The molecule has 4 heterocycles. The van der Waals surface area contributed by atoms with Crippen LogP contribution in [-0.4, -0.2) is 49.5 Å². The monoisotopic (exact) mass is 420 g/mol. The van der Waals surface area contributed by atoms with Gasteiger partial charge in [0.1, 0.15) is 0 Å². The lowest BCUT2D eigenvalue weighted by Crippen LogP contribution is -2.11. The van der Waals surface area contributed by atoms with Crippen LogP contribution in [0.4, 0.5) is 0 Å². The lowest BCUT2D eigenvalue weighted by Gasteiger charge is -2.07. The van der Waals surface area contributed by atoms with Crippen LogP contribution in [0, 0.1) is 0 Å². The van der Waals surface area contributed by atoms with Gasteiger partial charge < -0.3 is 0 Å². The minimum Gasteiger partial charge on any atom is -0.275 e. The van der Waals surface area contributed by atoms with Crippen LogP contribution in [0.3, 0.4) is 0 Å². The molecule has 1 aliphatic heterocycles. The summed E-state index contributed by atoms with van der Waals surface area (Å²) in [7, 11) is -1.06. The second kappa shape index (κ2) is 7.17. The van der Waals surface area contributed by atoms with Gasteiger partial charge in [0.15, 0.2) is 15.7 Å². The molecule has 0 saturated carbocycles. The van der Waals surface area contributed by atoms with Gasteiger partial charge in [0.05, 0.1) is 29.9 Å². The third kappa shape index (κ3) is 3.63. The van der Waals surface area contributed by atoms with Crippen molar-refractivity contribution in [2.75, 3.05) is 11.5 Å². The van der Waals surface area contributed by atoms with E-state index in [-0.39, 0.29) is 17.5 Å². The first-order valence-electron chi connectivity index (χ1n) is 9.63. The molecule has 0 bridgehead atoms. The molecule has 0 spiro atoms. The molecule has 1 unspecified atom stereocenters. The fourth-order valence-electron chi connectivity index (χ4n) is 3.71. The Bertz CT molecular complexity index is 1310. The molecule has 4 aromatic rings. The number of rotatable bonds is 4. The highest BCUT2D eigenvalue weighted by Crippen LogP contribution is 2.27. The van der Waals surface area contributed by atoms with Crippen LogP contribution < -0.4 is 0 Å². The van der Waals surface area contributed by atoms with Crippen molar-refractivity contribution in [3.05, 3.63) is 61.4 Å². The van der Waals surface area contributed by atoms with Crippen LogP contribution in [0.2, 0.25) is 0 Å². The smallest absolute Gasteiger partial charge is 0.159 e. The van der Waals surface area contributed by atoms with Gasteiger partial charge in [-0.05, 0) is 18.1 Å². The van der Waals surface area contributed by atoms with Crippen LogP contribution in [0.15, 0.2) is 61.4 Å². The van der Waals surface area contributed by atoms with Gasteiger partial charge >= 0.3 is 0 Å². The second-order valence-electron chi connectivity index (χ2n) is 7.54. The van der Waals surface area contributed by atoms with Gasteiger partial charge in [0.25, 0.3) is 0 Å². The Labute approximate surface area is 174 Å². The van der Waals surface area contributed by atoms with Crippen molar-refractivity contribution in [3.63, 3.8) is 0 Å². The van der Waals surface area contributed by atoms with Crippen molar-refractivity contribution in [2.45, 2.75) is 12.5 Å². The molecule has 8 nitrogen and oxygen atoms in total. The lowest BCUT2D eigenvalue weighted by atomic mass is 10.1. The summed E-state index contributed by atoms with van der Waals surface area (Å²) in [6.45, 7) is 0. The zero-order valence-corrected chi connectivity index (χ0v) is 17.2. The molecule has 30 heavy (non-hydrogen) atoms. The molecule has 0 aliphatic carbocycles. The minimum atomic E-state index is -2.95. The van der Waals surface area contributed by atoms with E-state index in [0.29, 0.717) is 12.2 Å². The van der Waals surface area contributed by atoms with E-state index in [4.69, 9.17) is 0 Å². The number of nitrogens with zero attached hydrogens (tertiary/aromatic N) is 6. The number of hydrogen-bond acceptors (Lipinski definition) is 6. The van der Waals surface area contributed by atoms with E-state index in [1.807, 2.05) is 49.9 Å². The van der Waals surface area contributed by atoms with E-state index >= 15 is 0 Å². The summed E-state index contributed by atoms with van der Waals surface area (Å²) in [6, 6.07) is 7.94. The summed E-state index contributed by atoms with van der Waals surface area (Å²) in [5, 5.41) is 8.58. The maximum absolute atomic E-state index is 11.7. The standard InChI is InChI=1S/C21H20N6O2S/c1-26-12-18(10-24-26)15-3-2-4-16(7-15)21-22-8-17(9-23-21)19-11-25-27(13-19)20-5-6-30(28,29)14-20/h2-4,7-13,20H,5-6,14H2,1H3. The Morgan fingerprint density at radius 2 is 1.63 bits per heavy atom. The van der Waals surface area contributed by atoms with E-state index in [2.05, 4.69) is 20.2 Å². The van der Waals surface area contributed by atoms with Crippen LogP contribution in [0.5, 0.6) is 0 Å². The number of hydrogen-bond donors (Lipinski definition) is 0. The average Bonchev–Trinajstić information content (AvgIpc) is 3.48. The maximum atomic E-state index is 11.7. The molecule has 0 N–H and O–H groups in total. The summed E-state index contributed by atoms with van der Waals surface area (Å²) >= 11 is 0. The maximum Gasteiger partial charge on any atom is 0.159 e. The first-order valence-corrected chi connectivity index (χ1v) is 11.5. The zero-order chi connectivity index (χ0) is 20.7. The molecular weight excluding hydrogens is 400 g/mol. The van der Waals surface area contributed by atoms with E-state index in [0.717, 1.165) is 27.8 Å². The minimum absolute atomic E-state index is 0.0980. The largest absolute Gasteiger partial charge is 0.275 e. The molecule has 0 radical (unpaired) electrons. The summed E-state index contributed by atoms with van der Waals surface area (Å²) < 4.78 is 26.9. The molecule has 9 heteroatoms. The summed E-state index contributed by atoms with van der Waals surface area (Å²) in [6.07, 6.45) is 11.5. The first-order chi connectivity index (χ1) is 14.5. The Morgan fingerprint density at radius 1 is 0.900 bits per heavy atom. The van der Waals surface area contributed by atoms with Crippen molar-refractivity contribution in [2.24, 2.45) is 7.05 Å². The highest BCUT2D eigenvalue weighted by Gasteiger charge is 2.29. The molecule has 152 valence electrons. The normalized spacial score (nSPS) is 18.0. The fourth-order valence-corrected chi connectivity index (χ4v) is 5.41. The van der Waals surface area contributed by atoms with Crippen molar-refractivity contribution in [3.8, 4) is 33.6 Å². The van der Waals surface area contributed by atoms with Gasteiger partial charge in [-0.15, -0.1) is 0 Å². The predicted octanol–water partition coefficient (Wildman–Crippen LogP) is 2.77. The highest BCUT2D eigenvalue weighted by molar-refractivity contribution is 7.91. The van der Waals surface area contributed by atoms with Gasteiger partial charge in [-0.3, -0.25) is 9.36 Å². The van der Waals surface area contributed by atoms with Crippen LogP contribution in [0.1, 0.15) is 12.5 Å². The Balaban J connectivity index is 1.38. The molecule has 1 saturated heterocycles. The van der Waals surface area contributed by atoms with Gasteiger partial charge in [0, 0.05) is 54.1 Å². The summed E-state index contributed by atoms with van der Waals surface area (Å²) in [5.41, 5.74) is 4.73. The van der Waals surface area contributed by atoms with E-state index in [9.17, 15) is 8.42 Å². The van der Waals surface area contributed by atoms with Crippen LogP contribution >= 0.6 is 0 Å². The molecule has 1 atom stereocenters. The second-order valence-corrected chi connectivity index (χ2v) is 9.77. The number of aromatic nitrogens is 6. The molecule has 5 rings (SSSR count). The zero-order valence-electron chi connectivity index (χ0n) is 16.4. The number of aryl methyl sites for hydroxylation is 1.